The lowest BCUT2D eigenvalue weighted by Gasteiger charge is -2.41. The van der Waals surface area contributed by atoms with Gasteiger partial charge in [-0.2, -0.15) is 0 Å². The van der Waals surface area contributed by atoms with Crippen molar-refractivity contribution in [2.75, 3.05) is 9.80 Å². The van der Waals surface area contributed by atoms with Gasteiger partial charge in [0.2, 0.25) is 13.4 Å². The van der Waals surface area contributed by atoms with Crippen LogP contribution in [0.2, 0.25) is 0 Å². The molecule has 0 amide bonds. The van der Waals surface area contributed by atoms with E-state index in [1.807, 2.05) is 23.5 Å². The van der Waals surface area contributed by atoms with Gasteiger partial charge in [0.15, 0.2) is 0 Å². The number of aromatic nitrogens is 2. The van der Waals surface area contributed by atoms with Crippen molar-refractivity contribution in [1.82, 2.24) is 9.13 Å². The van der Waals surface area contributed by atoms with Gasteiger partial charge in [-0.05, 0) is 208 Å². The standard InChI is InChI=1S/C109H66B2N4S2/c1-5-25-67(26-6-1)71-45-51-75(52-46-71)112-99-55-49-73(69-29-9-3-10-30-69)57-91(99)110-93-63-85-79-33-13-19-39-87(79)109(89(85)65-103(93)116-105-61-77(59-101(112)107(105)110)114-95-41-21-15-35-81(95)82-36-16-22-42-96(82)114)88-40-20-14-34-80(88)86-64-94-104(66-90(86)109)117-106-62-78(115-97-43-23-17-37-83(97)84-38-18-24-44-98(84)115)60-102-108(106)111(94)92-58-74(70-31-11-4-12-32-70)50-56-100(92)113(102)76-53-47-72(48-54-76)68-27-7-2-8-28-68/h1-66H. The average Bonchev–Trinajstić information content (AvgIpc) is 1.50. The van der Waals surface area contributed by atoms with E-state index in [-0.39, 0.29) is 13.4 Å². The molecule has 4 nitrogen and oxygen atoms in total. The molecule has 117 heavy (non-hydrogen) atoms. The van der Waals surface area contributed by atoms with Gasteiger partial charge in [-0.1, -0.05) is 338 Å². The molecule has 6 aliphatic rings. The van der Waals surface area contributed by atoms with Gasteiger partial charge < -0.3 is 18.9 Å². The summed E-state index contributed by atoms with van der Waals surface area (Å²) in [5.74, 6) is 0. The Balaban J connectivity index is 0.709. The third-order valence-corrected chi connectivity index (χ3v) is 28.5. The molecule has 0 unspecified atom stereocenters. The number of para-hydroxylation sites is 4. The maximum Gasteiger partial charge on any atom is 0.249 e. The number of anilines is 6. The Morgan fingerprint density at radius 1 is 0.205 bits per heavy atom. The predicted molar refractivity (Wildman–Crippen MR) is 493 cm³/mol. The third kappa shape index (κ3) is 9.36. The first kappa shape index (κ1) is 65.4. The van der Waals surface area contributed by atoms with Crippen molar-refractivity contribution in [3.8, 4) is 78.1 Å². The number of hydrogen-bond donors (Lipinski definition) is 0. The summed E-state index contributed by atoms with van der Waals surface area (Å²) in [6, 6.07) is 152. The minimum Gasteiger partial charge on any atom is -0.311 e. The minimum absolute atomic E-state index is 0.125. The molecule has 0 saturated heterocycles. The highest BCUT2D eigenvalue weighted by Gasteiger charge is 2.55. The SMILES string of the molecule is c1ccc(-c2ccc(N3c4ccc(-c5ccccc5)cc4B4c5cc6c(cc5Sc5cc(-n7c8ccccc8c8ccccc87)cc3c54)C3(c4ccccc4-6)c4ccccc4-c4cc5c(cc43)Sc3cc(-n4c6ccccc6c6ccccc64)cc4c3B5c3cc(-c5ccccc5)ccc3N4c3ccc(-c4ccccc4)cc3)cc2)cc1. The lowest BCUT2D eigenvalue weighted by molar-refractivity contribution is 0.789. The second-order valence-corrected chi connectivity index (χ2v) is 34.2. The number of nitrogens with zero attached hydrogens (tertiary/aromatic N) is 4. The van der Waals surface area contributed by atoms with Gasteiger partial charge in [0.1, 0.15) is 0 Å². The second kappa shape index (κ2) is 25.0. The summed E-state index contributed by atoms with van der Waals surface area (Å²) in [7, 11) is 0. The van der Waals surface area contributed by atoms with Crippen LogP contribution < -0.4 is 42.6 Å². The molecule has 0 N–H and O–H groups in total. The lowest BCUT2D eigenvalue weighted by Crippen LogP contribution is -2.60. The number of hydrogen-bond acceptors (Lipinski definition) is 4. The predicted octanol–water partition coefficient (Wildman–Crippen LogP) is 24.4. The van der Waals surface area contributed by atoms with Crippen molar-refractivity contribution in [2.45, 2.75) is 25.0 Å². The van der Waals surface area contributed by atoms with Crippen molar-refractivity contribution in [2.24, 2.45) is 0 Å². The zero-order valence-electron chi connectivity index (χ0n) is 63.4. The maximum atomic E-state index is 2.68. The van der Waals surface area contributed by atoms with E-state index in [4.69, 9.17) is 0 Å². The Bertz CT molecular complexity index is 7090. The molecule has 4 aliphatic heterocycles. The summed E-state index contributed by atoms with van der Waals surface area (Å²) in [4.78, 5) is 10.2. The molecule has 2 aromatic heterocycles. The van der Waals surface area contributed by atoms with Crippen LogP contribution in [0.4, 0.5) is 34.1 Å². The van der Waals surface area contributed by atoms with E-state index in [1.54, 1.807) is 0 Å². The highest BCUT2D eigenvalue weighted by molar-refractivity contribution is 8.00. The molecule has 8 heteroatoms. The molecular formula is C109H66B2N4S2. The first-order valence-electron chi connectivity index (χ1n) is 40.6. The summed E-state index contributed by atoms with van der Waals surface area (Å²) < 4.78 is 5.05. The Kier molecular flexibility index (Phi) is 14.0. The quantitative estimate of drug-likeness (QED) is 0.141. The van der Waals surface area contributed by atoms with Crippen LogP contribution in [0.1, 0.15) is 22.3 Å². The molecule has 26 rings (SSSR count). The van der Waals surface area contributed by atoms with Crippen LogP contribution in [0.25, 0.3) is 122 Å². The molecule has 6 heterocycles. The number of benzene rings is 18. The van der Waals surface area contributed by atoms with Crippen molar-refractivity contribution in [3.63, 3.8) is 0 Å². The van der Waals surface area contributed by atoms with Crippen molar-refractivity contribution < 1.29 is 0 Å². The zero-order valence-corrected chi connectivity index (χ0v) is 65.0. The minimum atomic E-state index is -0.684. The van der Waals surface area contributed by atoms with Gasteiger partial charge in [0.05, 0.1) is 27.5 Å². The topological polar surface area (TPSA) is 16.3 Å². The summed E-state index contributed by atoms with van der Waals surface area (Å²) in [5, 5.41) is 4.97. The molecule has 0 saturated carbocycles. The summed E-state index contributed by atoms with van der Waals surface area (Å²) >= 11 is 3.92. The van der Waals surface area contributed by atoms with E-state index in [9.17, 15) is 0 Å². The molecule has 2 aliphatic carbocycles. The van der Waals surface area contributed by atoms with Gasteiger partial charge in [-0.3, -0.25) is 0 Å². The van der Waals surface area contributed by atoms with Crippen LogP contribution in [0.5, 0.6) is 0 Å². The van der Waals surface area contributed by atoms with E-state index < -0.39 is 5.41 Å². The van der Waals surface area contributed by atoms with Gasteiger partial charge >= 0.3 is 0 Å². The number of rotatable bonds is 8. The fraction of sp³-hybridized carbons (Fsp3) is 0.00917. The summed E-state index contributed by atoms with van der Waals surface area (Å²) in [6.07, 6.45) is 0. The highest BCUT2D eigenvalue weighted by Crippen LogP contribution is 2.64. The molecule has 0 fully saturated rings. The van der Waals surface area contributed by atoms with Gasteiger partial charge in [0, 0.05) is 86.6 Å². The molecular weight excluding hydrogens is 1450 g/mol. The smallest absolute Gasteiger partial charge is 0.249 e. The normalized spacial score (nSPS) is 13.7. The molecule has 0 radical (unpaired) electrons. The van der Waals surface area contributed by atoms with Crippen molar-refractivity contribution >= 4 is 147 Å². The van der Waals surface area contributed by atoms with Crippen LogP contribution in [-0.2, 0) is 5.41 Å². The van der Waals surface area contributed by atoms with Gasteiger partial charge in [-0.15, -0.1) is 0 Å². The van der Waals surface area contributed by atoms with Crippen molar-refractivity contribution in [3.05, 3.63) is 423 Å². The molecule has 20 aromatic rings. The number of fused-ring (bicyclic) bond motifs is 24. The van der Waals surface area contributed by atoms with Crippen molar-refractivity contribution in [1.29, 1.82) is 0 Å². The molecule has 0 atom stereocenters. The second-order valence-electron chi connectivity index (χ2n) is 32.1. The summed E-state index contributed by atoms with van der Waals surface area (Å²) in [5.41, 5.74) is 41.3. The molecule has 1 spiro atoms. The Hall–Kier alpha value is -14.0. The summed E-state index contributed by atoms with van der Waals surface area (Å²) in [6.45, 7) is -0.250. The fourth-order valence-electron chi connectivity index (χ4n) is 21.3. The largest absolute Gasteiger partial charge is 0.311 e. The van der Waals surface area contributed by atoms with Crippen LogP contribution in [0.3, 0.4) is 0 Å². The third-order valence-electron chi connectivity index (χ3n) is 26.2. The van der Waals surface area contributed by atoms with E-state index >= 15 is 0 Å². The zero-order chi connectivity index (χ0) is 76.3. The van der Waals surface area contributed by atoms with Gasteiger partial charge in [0.25, 0.3) is 0 Å². The van der Waals surface area contributed by atoms with E-state index in [2.05, 4.69) is 419 Å². The first-order valence-corrected chi connectivity index (χ1v) is 42.2. The molecule has 0 bridgehead atoms. The van der Waals surface area contributed by atoms with E-state index in [0.717, 1.165) is 22.7 Å². The lowest BCUT2D eigenvalue weighted by atomic mass is 9.34. The van der Waals surface area contributed by atoms with Crippen LogP contribution >= 0.6 is 23.5 Å². The van der Waals surface area contributed by atoms with Crippen LogP contribution in [0, 0.1) is 0 Å². The van der Waals surface area contributed by atoms with E-state index in [0.29, 0.717) is 0 Å². The maximum absolute atomic E-state index is 2.68. The van der Waals surface area contributed by atoms with Gasteiger partial charge in [-0.25, -0.2) is 0 Å². The highest BCUT2D eigenvalue weighted by atomic mass is 32.2. The fourth-order valence-corrected chi connectivity index (χ4v) is 23.7. The van der Waals surface area contributed by atoms with Crippen LogP contribution in [0.15, 0.2) is 420 Å². The van der Waals surface area contributed by atoms with E-state index in [1.165, 1.54) is 208 Å². The Morgan fingerprint density at radius 3 is 0.897 bits per heavy atom. The Labute approximate surface area is 687 Å². The average molecular weight is 1520 g/mol. The molecule has 540 valence electrons. The first-order chi connectivity index (χ1) is 58.0. The van der Waals surface area contributed by atoms with Crippen LogP contribution in [-0.4, -0.2) is 22.6 Å². The molecule has 18 aromatic carbocycles. The Morgan fingerprint density at radius 2 is 0.521 bits per heavy atom. The monoisotopic (exact) mass is 1520 g/mol.